The predicted octanol–water partition coefficient (Wildman–Crippen LogP) is 1.46. The Morgan fingerprint density at radius 3 is 1.40 bits per heavy atom. The van der Waals surface area contributed by atoms with Crippen LogP contribution >= 0.6 is 0 Å². The monoisotopic (exact) mass is 1160 g/mol. The molecule has 4 aliphatic carbocycles. The van der Waals surface area contributed by atoms with Crippen LogP contribution in [0, 0.1) is 0 Å². The molecule has 442 valence electrons. The highest BCUT2D eigenvalue weighted by molar-refractivity contribution is 6.32. The maximum atomic E-state index is 14.1. The maximum absolute atomic E-state index is 14.1. The number of methoxy groups -OCH3 is 1. The van der Waals surface area contributed by atoms with Gasteiger partial charge in [0.25, 0.3) is 0 Å². The summed E-state index contributed by atoms with van der Waals surface area (Å²) in [5.41, 5.74) is -5.16. The first-order valence-corrected chi connectivity index (χ1v) is 27.9. The van der Waals surface area contributed by atoms with Crippen molar-refractivity contribution in [2.24, 2.45) is 0 Å². The number of aliphatic hydroxyl groups excluding tert-OH is 3. The van der Waals surface area contributed by atoms with Crippen molar-refractivity contribution in [2.75, 3.05) is 7.11 Å². The maximum Gasteiger partial charge on any atom is 0.202 e. The zero-order valence-corrected chi connectivity index (χ0v) is 46.6. The van der Waals surface area contributed by atoms with Crippen molar-refractivity contribution in [2.45, 2.75) is 158 Å². The zero-order valence-electron chi connectivity index (χ0n) is 46.6. The number of Topliss-reactive ketones (excluding diaryl/α,β-unsaturated/α-hetero) is 2. The largest absolute Gasteiger partial charge is 0.507 e. The van der Waals surface area contributed by atoms with Gasteiger partial charge in [-0.15, -0.1) is 0 Å². The number of phenols is 4. The number of nitrogens with two attached hydrogens (primary N) is 2. The number of ether oxygens (including phenoxy) is 5. The topological polar surface area (TPSA) is 364 Å². The van der Waals surface area contributed by atoms with Gasteiger partial charge in [-0.3, -0.25) is 28.8 Å². The first kappa shape index (κ1) is 58.5. The first-order chi connectivity index (χ1) is 39.9. The Balaban J connectivity index is 0.763. The Morgan fingerprint density at radius 2 is 0.988 bits per heavy atom. The van der Waals surface area contributed by atoms with Crippen molar-refractivity contribution < 1.29 is 109 Å². The van der Waals surface area contributed by atoms with E-state index in [-0.39, 0.29) is 68.7 Å². The van der Waals surface area contributed by atoms with E-state index in [1.807, 2.05) is 34.9 Å². The Morgan fingerprint density at radius 1 is 0.583 bits per heavy atom. The lowest BCUT2D eigenvalue weighted by atomic mass is 9.71. The molecule has 13 N–H and O–H groups in total. The minimum absolute atomic E-state index is 0.0593. The molecule has 22 heteroatoms. The van der Waals surface area contributed by atoms with Crippen LogP contribution in [0.2, 0.25) is 0 Å². The summed E-state index contributed by atoms with van der Waals surface area (Å²) < 4.78 is 30.5. The molecular weight excluding hydrogens is 1090 g/mol. The molecule has 2 heterocycles. The fraction of sp³-hybridized carbons (Fsp3) is 0.419. The fourth-order valence-electron chi connectivity index (χ4n) is 13.2. The summed E-state index contributed by atoms with van der Waals surface area (Å²) in [6.45, 7) is 5.82. The molecule has 84 heavy (non-hydrogen) atoms. The summed E-state index contributed by atoms with van der Waals surface area (Å²) in [6.07, 6.45) is -10.1. The van der Waals surface area contributed by atoms with Crippen molar-refractivity contribution in [1.29, 1.82) is 0 Å². The second kappa shape index (κ2) is 21.9. The second-order valence-electron chi connectivity index (χ2n) is 23.1. The Labute approximate surface area is 480 Å². The lowest BCUT2D eigenvalue weighted by molar-refractivity contribution is -0.719. The van der Waals surface area contributed by atoms with Gasteiger partial charge in [-0.05, 0) is 39.3 Å². The number of phenolic OH excluding ortho intramolecular Hbond substituents is 4. The number of benzene rings is 5. The third kappa shape index (κ3) is 9.68. The van der Waals surface area contributed by atoms with Gasteiger partial charge in [0, 0.05) is 75.8 Å². The summed E-state index contributed by atoms with van der Waals surface area (Å²) in [6, 6.07) is 15.3. The van der Waals surface area contributed by atoms with E-state index in [2.05, 4.69) is 0 Å². The molecule has 12 atom stereocenters. The molecule has 22 nitrogen and oxygen atoms in total. The van der Waals surface area contributed by atoms with E-state index < -0.39 is 185 Å². The van der Waals surface area contributed by atoms with Gasteiger partial charge in [0.05, 0.1) is 78.8 Å². The molecule has 0 aromatic heterocycles. The van der Waals surface area contributed by atoms with Crippen LogP contribution in [0.25, 0.3) is 0 Å². The number of rotatable bonds is 14. The minimum atomic E-state index is -2.12. The lowest BCUT2D eigenvalue weighted by Crippen LogP contribution is -2.93. The quantitative estimate of drug-likeness (QED) is 0.0687. The summed E-state index contributed by atoms with van der Waals surface area (Å²) in [5, 5.41) is 107. The third-order valence-corrected chi connectivity index (χ3v) is 18.0. The molecular formula is C62H66N2O20+2. The van der Waals surface area contributed by atoms with Crippen molar-refractivity contribution in [3.05, 3.63) is 144 Å². The summed E-state index contributed by atoms with van der Waals surface area (Å²) >= 11 is 0. The molecule has 2 fully saturated rings. The normalized spacial score (nSPS) is 28.8. The van der Waals surface area contributed by atoms with E-state index in [0.717, 1.165) is 18.1 Å². The summed E-state index contributed by atoms with van der Waals surface area (Å²) in [7, 11) is 1.32. The smallest absolute Gasteiger partial charge is 0.202 e. The average molecular weight is 1160 g/mol. The van der Waals surface area contributed by atoms with Crippen LogP contribution in [0.5, 0.6) is 28.7 Å². The van der Waals surface area contributed by atoms with Crippen LogP contribution in [0.1, 0.15) is 168 Å². The molecule has 0 spiro atoms. The lowest BCUT2D eigenvalue weighted by Gasteiger charge is -2.42. The number of quaternary nitrogens is 2. The predicted molar refractivity (Wildman–Crippen MR) is 289 cm³/mol. The highest BCUT2D eigenvalue weighted by Crippen LogP contribution is 2.54. The van der Waals surface area contributed by atoms with E-state index in [1.165, 1.54) is 50.4 Å². The van der Waals surface area contributed by atoms with E-state index in [9.17, 15) is 74.7 Å². The van der Waals surface area contributed by atoms with Crippen molar-refractivity contribution >= 4 is 34.7 Å². The van der Waals surface area contributed by atoms with E-state index >= 15 is 0 Å². The Bertz CT molecular complexity index is 3370. The van der Waals surface area contributed by atoms with Gasteiger partial charge >= 0.3 is 0 Å². The molecule has 2 saturated heterocycles. The number of hydrogen-bond acceptors (Lipinski definition) is 20. The average Bonchev–Trinajstić information content (AvgIpc) is 1.06. The van der Waals surface area contributed by atoms with Crippen LogP contribution in [-0.2, 0) is 61.1 Å². The van der Waals surface area contributed by atoms with Gasteiger partial charge in [0.2, 0.25) is 5.78 Å². The van der Waals surface area contributed by atoms with Gasteiger partial charge in [-0.2, -0.15) is 0 Å². The molecule has 6 aliphatic rings. The Hall–Kier alpha value is -7.32. The zero-order chi connectivity index (χ0) is 60.2. The van der Waals surface area contributed by atoms with E-state index in [4.69, 9.17) is 23.7 Å². The standard InChI is InChI=1S/C62H64N2O20/c1-25-51(68)36(16-41(81-25)83-39-20-61(78,27(3)66)18-34-45(39)59(76)49-47(55(34)72)53(70)32-9-6-8-31(24-65)43(32)57(49)74)63-22-29-12-14-30(15-13-29)23-64-37-17-42(82-26(2)52(37)69)84-40-21-62(79,28(4)67)19-35-46(40)60(77)50-48(56(35)73)54(71)33-10-7-11-38(80-5)44(33)58(50)75/h6-15,25-26,36-37,39-42,51-52,63-65,68-69,72-73,76-79H,16-24H2,1-5H3/p+2/t25?,26?,36?,37?,39-,40?,41?,42?,51?,52?,61-,62-/m0/s1. The number of fused-ring (bicyclic) bond motifs is 6. The minimum Gasteiger partial charge on any atom is -0.507 e. The number of aromatic hydroxyl groups is 4. The van der Waals surface area contributed by atoms with Crippen LogP contribution < -0.4 is 15.4 Å². The first-order valence-electron chi connectivity index (χ1n) is 27.9. The highest BCUT2D eigenvalue weighted by atomic mass is 16.7. The number of hydrogen-bond donors (Lipinski definition) is 11. The third-order valence-electron chi connectivity index (χ3n) is 18.0. The number of aliphatic hydroxyl groups is 5. The van der Waals surface area contributed by atoms with Crippen molar-refractivity contribution in [3.63, 3.8) is 0 Å². The molecule has 0 radical (unpaired) electrons. The second-order valence-corrected chi connectivity index (χ2v) is 23.1. The molecule has 0 bridgehead atoms. The summed E-state index contributed by atoms with van der Waals surface area (Å²) in [5.74, 6) is -7.13. The molecule has 2 aliphatic heterocycles. The van der Waals surface area contributed by atoms with Gasteiger partial charge in [0.15, 0.2) is 41.5 Å². The van der Waals surface area contributed by atoms with Gasteiger partial charge in [-0.25, -0.2) is 0 Å². The number of carbonyl (C=O) groups excluding carboxylic acids is 6. The molecule has 11 rings (SSSR count). The molecule has 0 amide bonds. The SMILES string of the molecule is COc1cccc2c1C(=O)c1c(O)c3c(c(O)c1C2=O)C[C@@](O)(C(C)=O)CC3OC1CC([NH2+]Cc2ccc(C[NH2+]C3CC(O[C@H]4C[C@](O)(C(C)=O)Cc5c(O)c6c(c(O)c54)C(=O)c4c(CO)cccc4C6=O)OC(C)C3O)cc2)C(O)C(C)O1. The van der Waals surface area contributed by atoms with Crippen molar-refractivity contribution in [3.8, 4) is 28.7 Å². The number of ketones is 6. The Kier molecular flexibility index (Phi) is 15.3. The fourth-order valence-corrected chi connectivity index (χ4v) is 13.2. The highest BCUT2D eigenvalue weighted by Gasteiger charge is 2.52. The van der Waals surface area contributed by atoms with Crippen LogP contribution in [0.3, 0.4) is 0 Å². The molecule has 5 aromatic carbocycles. The summed E-state index contributed by atoms with van der Waals surface area (Å²) in [4.78, 5) is 82.1. The van der Waals surface area contributed by atoms with Gasteiger partial charge in [0.1, 0.15) is 77.3 Å². The van der Waals surface area contributed by atoms with Crippen LogP contribution in [0.15, 0.2) is 60.7 Å². The van der Waals surface area contributed by atoms with Gasteiger partial charge in [-0.1, -0.05) is 54.6 Å². The van der Waals surface area contributed by atoms with Crippen LogP contribution in [-0.4, -0.2) is 148 Å². The number of carbonyl (C=O) groups is 6. The van der Waals surface area contributed by atoms with Crippen LogP contribution in [0.4, 0.5) is 0 Å². The molecule has 0 saturated carbocycles. The molecule has 5 aromatic rings. The van der Waals surface area contributed by atoms with E-state index in [1.54, 1.807) is 13.8 Å². The molecule has 9 unspecified atom stereocenters. The van der Waals surface area contributed by atoms with Crippen molar-refractivity contribution in [1.82, 2.24) is 0 Å². The van der Waals surface area contributed by atoms with Gasteiger partial charge < -0.3 is 80.3 Å². The van der Waals surface area contributed by atoms with E-state index in [0.29, 0.717) is 13.1 Å².